The van der Waals surface area contributed by atoms with Crippen molar-refractivity contribution in [2.45, 2.75) is 18.3 Å². The Labute approximate surface area is 162 Å². The predicted octanol–water partition coefficient (Wildman–Crippen LogP) is 3.74. The molecule has 0 aliphatic heterocycles. The van der Waals surface area contributed by atoms with Crippen molar-refractivity contribution in [1.82, 2.24) is 19.5 Å². The molecule has 0 radical (unpaired) electrons. The lowest BCUT2D eigenvalue weighted by molar-refractivity contribution is -0.153. The standard InChI is InChI=1S/C18H15F3N4O2S/c1-2-28-17-24-15(14-7-8-22-11-23-14)9-16(26)25(17)12-3-5-13(6-4-12)27-10-18(19,20)21/h3-9,11H,2,10H2,1H3. The first-order valence-corrected chi connectivity index (χ1v) is 9.19. The van der Waals surface area contributed by atoms with Crippen LogP contribution < -0.4 is 10.3 Å². The number of halogens is 3. The molecule has 10 heteroatoms. The van der Waals surface area contributed by atoms with Gasteiger partial charge in [-0.15, -0.1) is 0 Å². The number of rotatable bonds is 6. The zero-order valence-electron chi connectivity index (χ0n) is 14.7. The molecule has 28 heavy (non-hydrogen) atoms. The average Bonchev–Trinajstić information content (AvgIpc) is 2.67. The van der Waals surface area contributed by atoms with Crippen molar-refractivity contribution in [3.8, 4) is 22.8 Å². The van der Waals surface area contributed by atoms with E-state index in [4.69, 9.17) is 4.74 Å². The number of benzene rings is 1. The Morgan fingerprint density at radius 3 is 2.50 bits per heavy atom. The quantitative estimate of drug-likeness (QED) is 0.457. The van der Waals surface area contributed by atoms with Crippen LogP contribution in [0.2, 0.25) is 0 Å². The van der Waals surface area contributed by atoms with Crippen molar-refractivity contribution in [2.75, 3.05) is 12.4 Å². The van der Waals surface area contributed by atoms with Gasteiger partial charge in [0.15, 0.2) is 11.8 Å². The maximum Gasteiger partial charge on any atom is 0.422 e. The van der Waals surface area contributed by atoms with Crippen LogP contribution in [0.15, 0.2) is 58.9 Å². The van der Waals surface area contributed by atoms with Gasteiger partial charge in [-0.05, 0) is 36.1 Å². The maximum absolute atomic E-state index is 12.7. The Kier molecular flexibility index (Phi) is 5.98. The molecule has 2 heterocycles. The first-order valence-electron chi connectivity index (χ1n) is 8.20. The van der Waals surface area contributed by atoms with Crippen LogP contribution in [-0.2, 0) is 0 Å². The molecular formula is C18H15F3N4O2S. The van der Waals surface area contributed by atoms with Gasteiger partial charge in [0.2, 0.25) is 0 Å². The van der Waals surface area contributed by atoms with E-state index < -0.39 is 12.8 Å². The van der Waals surface area contributed by atoms with E-state index in [0.29, 0.717) is 28.0 Å². The molecule has 0 saturated heterocycles. The van der Waals surface area contributed by atoms with Gasteiger partial charge in [-0.1, -0.05) is 18.7 Å². The number of hydrogen-bond acceptors (Lipinski definition) is 6. The Morgan fingerprint density at radius 2 is 1.89 bits per heavy atom. The van der Waals surface area contributed by atoms with E-state index in [1.807, 2.05) is 6.92 Å². The summed E-state index contributed by atoms with van der Waals surface area (Å²) in [6.45, 7) is 0.547. The molecule has 2 aromatic heterocycles. The molecule has 0 N–H and O–H groups in total. The second-order valence-electron chi connectivity index (χ2n) is 5.52. The molecule has 0 spiro atoms. The van der Waals surface area contributed by atoms with E-state index in [0.717, 1.165) is 0 Å². The minimum absolute atomic E-state index is 0.0596. The Bertz CT molecular complexity index is 992. The molecule has 3 rings (SSSR count). The molecular weight excluding hydrogens is 393 g/mol. The van der Waals surface area contributed by atoms with Gasteiger partial charge in [0.25, 0.3) is 5.56 Å². The molecule has 6 nitrogen and oxygen atoms in total. The highest BCUT2D eigenvalue weighted by atomic mass is 32.2. The molecule has 1 aromatic carbocycles. The summed E-state index contributed by atoms with van der Waals surface area (Å²) in [5.41, 5.74) is 1.09. The minimum atomic E-state index is -4.42. The topological polar surface area (TPSA) is 69.9 Å². The van der Waals surface area contributed by atoms with E-state index in [2.05, 4.69) is 15.0 Å². The second kappa shape index (κ2) is 8.42. The van der Waals surface area contributed by atoms with Crippen LogP contribution in [-0.4, -0.2) is 38.1 Å². The van der Waals surface area contributed by atoms with Crippen LogP contribution in [0, 0.1) is 0 Å². The van der Waals surface area contributed by atoms with Gasteiger partial charge < -0.3 is 4.74 Å². The molecule has 0 unspecified atom stereocenters. The summed E-state index contributed by atoms with van der Waals surface area (Å²) < 4.78 is 42.9. The number of alkyl halides is 3. The molecule has 0 atom stereocenters. The van der Waals surface area contributed by atoms with Gasteiger partial charge in [0, 0.05) is 12.3 Å². The Hall–Kier alpha value is -2.88. The second-order valence-corrected chi connectivity index (χ2v) is 6.75. The highest BCUT2D eigenvalue weighted by Crippen LogP contribution is 2.24. The van der Waals surface area contributed by atoms with Crippen LogP contribution in [0.25, 0.3) is 17.1 Å². The molecule has 0 aliphatic rings. The summed E-state index contributed by atoms with van der Waals surface area (Å²) >= 11 is 1.37. The Morgan fingerprint density at radius 1 is 1.14 bits per heavy atom. The maximum atomic E-state index is 12.7. The van der Waals surface area contributed by atoms with Gasteiger partial charge >= 0.3 is 6.18 Å². The van der Waals surface area contributed by atoms with Crippen LogP contribution in [0.5, 0.6) is 5.75 Å². The number of ether oxygens (including phenoxy) is 1. The molecule has 0 saturated carbocycles. The number of thioether (sulfide) groups is 1. The molecule has 146 valence electrons. The molecule has 3 aromatic rings. The molecule has 0 bridgehead atoms. The van der Waals surface area contributed by atoms with E-state index in [-0.39, 0.29) is 11.3 Å². The highest BCUT2D eigenvalue weighted by Gasteiger charge is 2.28. The lowest BCUT2D eigenvalue weighted by Crippen LogP contribution is -2.21. The zero-order valence-corrected chi connectivity index (χ0v) is 15.5. The third kappa shape index (κ3) is 4.89. The molecule has 0 fully saturated rings. The third-order valence-corrected chi connectivity index (χ3v) is 4.32. The average molecular weight is 408 g/mol. The van der Waals surface area contributed by atoms with Crippen molar-refractivity contribution in [3.63, 3.8) is 0 Å². The number of aromatic nitrogens is 4. The van der Waals surface area contributed by atoms with Crippen molar-refractivity contribution >= 4 is 11.8 Å². The lowest BCUT2D eigenvalue weighted by Gasteiger charge is -2.13. The monoisotopic (exact) mass is 408 g/mol. The van der Waals surface area contributed by atoms with E-state index in [1.165, 1.54) is 53.0 Å². The van der Waals surface area contributed by atoms with Crippen LogP contribution in [0.3, 0.4) is 0 Å². The lowest BCUT2D eigenvalue weighted by atomic mass is 10.2. The highest BCUT2D eigenvalue weighted by molar-refractivity contribution is 7.99. The van der Waals surface area contributed by atoms with E-state index in [9.17, 15) is 18.0 Å². The predicted molar refractivity (Wildman–Crippen MR) is 98.8 cm³/mol. The molecule has 0 amide bonds. The van der Waals surface area contributed by atoms with E-state index >= 15 is 0 Å². The van der Waals surface area contributed by atoms with Gasteiger partial charge in [-0.25, -0.2) is 15.0 Å². The summed E-state index contributed by atoms with van der Waals surface area (Å²) in [7, 11) is 0. The zero-order chi connectivity index (χ0) is 20.1. The van der Waals surface area contributed by atoms with Gasteiger partial charge in [-0.2, -0.15) is 13.2 Å². The van der Waals surface area contributed by atoms with E-state index in [1.54, 1.807) is 12.3 Å². The largest absolute Gasteiger partial charge is 0.484 e. The summed E-state index contributed by atoms with van der Waals surface area (Å²) in [6, 6.07) is 8.80. The van der Waals surface area contributed by atoms with Gasteiger partial charge in [0.1, 0.15) is 12.1 Å². The fraction of sp³-hybridized carbons (Fsp3) is 0.222. The number of hydrogen-bond donors (Lipinski definition) is 0. The van der Waals surface area contributed by atoms with Crippen molar-refractivity contribution in [3.05, 3.63) is 59.3 Å². The SMILES string of the molecule is CCSc1nc(-c2ccncn2)cc(=O)n1-c1ccc(OCC(F)(F)F)cc1. The molecule has 0 aliphatic carbocycles. The van der Waals surface area contributed by atoms with Crippen molar-refractivity contribution in [2.24, 2.45) is 0 Å². The number of nitrogens with zero attached hydrogens (tertiary/aromatic N) is 4. The van der Waals surface area contributed by atoms with Gasteiger partial charge in [0.05, 0.1) is 17.1 Å². The Balaban J connectivity index is 1.96. The van der Waals surface area contributed by atoms with Crippen molar-refractivity contribution in [1.29, 1.82) is 0 Å². The van der Waals surface area contributed by atoms with Crippen LogP contribution >= 0.6 is 11.8 Å². The smallest absolute Gasteiger partial charge is 0.422 e. The fourth-order valence-corrected chi connectivity index (χ4v) is 3.10. The summed E-state index contributed by atoms with van der Waals surface area (Å²) in [4.78, 5) is 25.2. The summed E-state index contributed by atoms with van der Waals surface area (Å²) in [5, 5.41) is 0.451. The normalized spacial score (nSPS) is 11.4. The van der Waals surface area contributed by atoms with Crippen molar-refractivity contribution < 1.29 is 17.9 Å². The summed E-state index contributed by atoms with van der Waals surface area (Å²) in [5.74, 6) is 0.733. The summed E-state index contributed by atoms with van der Waals surface area (Å²) in [6.07, 6.45) is -1.49. The first-order chi connectivity index (χ1) is 13.4. The minimum Gasteiger partial charge on any atom is -0.484 e. The van der Waals surface area contributed by atoms with Gasteiger partial charge in [-0.3, -0.25) is 9.36 Å². The van der Waals surface area contributed by atoms with Crippen LogP contribution in [0.1, 0.15) is 6.92 Å². The third-order valence-electron chi connectivity index (χ3n) is 3.50. The van der Waals surface area contributed by atoms with Crippen LogP contribution in [0.4, 0.5) is 13.2 Å². The fourth-order valence-electron chi connectivity index (χ4n) is 2.35. The first kappa shape index (κ1) is 19.9.